The number of hydrogen-bond donors (Lipinski definition) is 3. The summed E-state index contributed by atoms with van der Waals surface area (Å²) in [6.07, 6.45) is 1.29. The van der Waals surface area contributed by atoms with Gasteiger partial charge in [-0.15, -0.1) is 24.0 Å². The normalized spacial score (nSPS) is 10.9. The number of nitrogens with zero attached hydrogens (tertiary/aromatic N) is 1. The molecule has 0 fully saturated rings. The Morgan fingerprint density at radius 3 is 2.38 bits per heavy atom. The molecule has 0 saturated carbocycles. The molecule has 1 amide bonds. The molecular formula is C22H29F2IN4O3. The molecule has 0 atom stereocenters. The second-order valence-electron chi connectivity index (χ2n) is 6.63. The quantitative estimate of drug-likeness (QED) is 0.226. The van der Waals surface area contributed by atoms with Gasteiger partial charge in [0, 0.05) is 37.8 Å². The topological polar surface area (TPSA) is 84.0 Å². The van der Waals surface area contributed by atoms with E-state index in [0.717, 1.165) is 17.7 Å². The van der Waals surface area contributed by atoms with Gasteiger partial charge in [-0.2, -0.15) is 8.78 Å². The first kappa shape index (κ1) is 27.4. The number of hydrogen-bond acceptors (Lipinski definition) is 4. The van der Waals surface area contributed by atoms with Crippen molar-refractivity contribution < 1.29 is 23.0 Å². The molecule has 2 aromatic rings. The number of methoxy groups -OCH3 is 1. The summed E-state index contributed by atoms with van der Waals surface area (Å²) in [5.41, 5.74) is 2.24. The molecule has 10 heteroatoms. The average Bonchev–Trinajstić information content (AvgIpc) is 2.75. The van der Waals surface area contributed by atoms with E-state index in [1.807, 2.05) is 31.2 Å². The lowest BCUT2D eigenvalue weighted by Gasteiger charge is -2.15. The number of carbonyl (C=O) groups is 1. The fraction of sp³-hybridized carbons (Fsp3) is 0.364. The van der Waals surface area contributed by atoms with Crippen molar-refractivity contribution in [1.29, 1.82) is 0 Å². The summed E-state index contributed by atoms with van der Waals surface area (Å²) in [5.74, 6) is 1.09. The first-order valence-electron chi connectivity index (χ1n) is 9.90. The highest BCUT2D eigenvalue weighted by Gasteiger charge is 2.11. The number of rotatable bonds is 10. The SMILES string of the molecule is CCCC(=O)Nc1ccc(CNC(=NC)NCc2cc(OC)ccc2OC(F)F)cc1.I. The molecule has 2 aromatic carbocycles. The molecule has 0 spiro atoms. The van der Waals surface area contributed by atoms with Crippen LogP contribution in [0.4, 0.5) is 14.5 Å². The van der Waals surface area contributed by atoms with Gasteiger partial charge in [0.25, 0.3) is 0 Å². The molecule has 0 bridgehead atoms. The predicted molar refractivity (Wildman–Crippen MR) is 132 cm³/mol. The van der Waals surface area contributed by atoms with Gasteiger partial charge in [0.2, 0.25) is 5.91 Å². The van der Waals surface area contributed by atoms with Gasteiger partial charge in [0.1, 0.15) is 11.5 Å². The number of amides is 1. The highest BCUT2D eigenvalue weighted by molar-refractivity contribution is 14.0. The molecule has 0 aliphatic rings. The number of halogens is 3. The van der Waals surface area contributed by atoms with Crippen molar-refractivity contribution in [3.8, 4) is 11.5 Å². The molecule has 3 N–H and O–H groups in total. The summed E-state index contributed by atoms with van der Waals surface area (Å²) in [6.45, 7) is -0.266. The predicted octanol–water partition coefficient (Wildman–Crippen LogP) is 4.52. The maximum Gasteiger partial charge on any atom is 0.387 e. The van der Waals surface area contributed by atoms with Crippen LogP contribution < -0.4 is 25.4 Å². The van der Waals surface area contributed by atoms with Crippen LogP contribution in [-0.2, 0) is 17.9 Å². The Morgan fingerprint density at radius 2 is 1.78 bits per heavy atom. The molecule has 0 unspecified atom stereocenters. The van der Waals surface area contributed by atoms with Crippen LogP contribution in [-0.4, -0.2) is 32.6 Å². The Kier molecular flexibility index (Phi) is 12.4. The van der Waals surface area contributed by atoms with Crippen LogP contribution in [0.15, 0.2) is 47.5 Å². The van der Waals surface area contributed by atoms with E-state index in [1.165, 1.54) is 13.2 Å². The van der Waals surface area contributed by atoms with Gasteiger partial charge in [-0.3, -0.25) is 9.79 Å². The first-order valence-corrected chi connectivity index (χ1v) is 9.90. The minimum atomic E-state index is -2.92. The third-order valence-corrected chi connectivity index (χ3v) is 4.33. The van der Waals surface area contributed by atoms with Gasteiger partial charge >= 0.3 is 6.61 Å². The van der Waals surface area contributed by atoms with Crippen LogP contribution in [0.1, 0.15) is 30.9 Å². The lowest BCUT2D eigenvalue weighted by molar-refractivity contribution is -0.116. The van der Waals surface area contributed by atoms with E-state index in [9.17, 15) is 13.6 Å². The molecule has 0 heterocycles. The summed E-state index contributed by atoms with van der Waals surface area (Å²) in [7, 11) is 3.12. The highest BCUT2D eigenvalue weighted by Crippen LogP contribution is 2.25. The monoisotopic (exact) mass is 562 g/mol. The Balaban J connectivity index is 0.00000512. The van der Waals surface area contributed by atoms with Crippen LogP contribution in [0.2, 0.25) is 0 Å². The number of ether oxygens (including phenoxy) is 2. The van der Waals surface area contributed by atoms with Gasteiger partial charge in [0.15, 0.2) is 5.96 Å². The Morgan fingerprint density at radius 1 is 1.09 bits per heavy atom. The standard InChI is InChI=1S/C22H28F2N4O3.HI/c1-4-5-20(29)28-17-8-6-15(7-9-17)13-26-22(25-2)27-14-16-12-18(30-3)10-11-19(16)31-21(23)24;/h6-12,21H,4-5,13-14H2,1-3H3,(H,28,29)(H2,25,26,27);1H. The van der Waals surface area contributed by atoms with Crippen molar-refractivity contribution in [2.24, 2.45) is 4.99 Å². The summed E-state index contributed by atoms with van der Waals surface area (Å²) in [5, 5.41) is 9.07. The van der Waals surface area contributed by atoms with Crippen LogP contribution in [0, 0.1) is 0 Å². The van der Waals surface area contributed by atoms with Crippen LogP contribution in [0.3, 0.4) is 0 Å². The largest absolute Gasteiger partial charge is 0.497 e. The highest BCUT2D eigenvalue weighted by atomic mass is 127. The van der Waals surface area contributed by atoms with E-state index >= 15 is 0 Å². The third kappa shape index (κ3) is 9.25. The third-order valence-electron chi connectivity index (χ3n) is 4.33. The second kappa shape index (κ2) is 14.4. The number of benzene rings is 2. The zero-order valence-electron chi connectivity index (χ0n) is 18.3. The van der Waals surface area contributed by atoms with Crippen molar-refractivity contribution in [2.45, 2.75) is 39.5 Å². The lowest BCUT2D eigenvalue weighted by Crippen LogP contribution is -2.36. The summed E-state index contributed by atoms with van der Waals surface area (Å²) < 4.78 is 35.1. The molecule has 32 heavy (non-hydrogen) atoms. The number of anilines is 1. The Bertz CT molecular complexity index is 880. The molecule has 0 aliphatic heterocycles. The zero-order chi connectivity index (χ0) is 22.6. The number of nitrogens with one attached hydrogen (secondary N) is 3. The maximum absolute atomic E-state index is 12.7. The molecular weight excluding hydrogens is 533 g/mol. The van der Waals surface area contributed by atoms with Crippen molar-refractivity contribution in [3.63, 3.8) is 0 Å². The molecule has 0 aliphatic carbocycles. The van der Waals surface area contributed by atoms with Gasteiger partial charge in [0.05, 0.1) is 7.11 Å². The number of alkyl halides is 2. The van der Waals surface area contributed by atoms with Gasteiger partial charge in [-0.05, 0) is 42.3 Å². The Labute approximate surface area is 204 Å². The Hall–Kier alpha value is -2.63. The number of carbonyl (C=O) groups excluding carboxylic acids is 1. The van der Waals surface area contributed by atoms with Crippen molar-refractivity contribution >= 4 is 41.5 Å². The van der Waals surface area contributed by atoms with E-state index < -0.39 is 6.61 Å². The minimum Gasteiger partial charge on any atom is -0.497 e. The van der Waals surface area contributed by atoms with Crippen LogP contribution >= 0.6 is 24.0 Å². The molecule has 0 saturated heterocycles. The van der Waals surface area contributed by atoms with Gasteiger partial charge < -0.3 is 25.4 Å². The van der Waals surface area contributed by atoms with Gasteiger partial charge in [-0.25, -0.2) is 0 Å². The van der Waals surface area contributed by atoms with E-state index in [0.29, 0.717) is 30.2 Å². The molecule has 2 rings (SSSR count). The number of guanidine groups is 1. The van der Waals surface area contributed by atoms with Crippen molar-refractivity contribution in [2.75, 3.05) is 19.5 Å². The smallest absolute Gasteiger partial charge is 0.387 e. The van der Waals surface area contributed by atoms with Gasteiger partial charge in [-0.1, -0.05) is 19.1 Å². The molecule has 176 valence electrons. The average molecular weight is 562 g/mol. The molecule has 7 nitrogen and oxygen atoms in total. The van der Waals surface area contributed by atoms with Crippen molar-refractivity contribution in [1.82, 2.24) is 10.6 Å². The van der Waals surface area contributed by atoms with E-state index in [4.69, 9.17) is 4.74 Å². The number of aliphatic imine (C=N–C) groups is 1. The zero-order valence-corrected chi connectivity index (χ0v) is 20.6. The first-order chi connectivity index (χ1) is 14.9. The van der Waals surface area contributed by atoms with Crippen LogP contribution in [0.25, 0.3) is 0 Å². The van der Waals surface area contributed by atoms with E-state index in [1.54, 1.807) is 19.2 Å². The van der Waals surface area contributed by atoms with E-state index in [2.05, 4.69) is 25.7 Å². The molecule has 0 aromatic heterocycles. The summed E-state index contributed by atoms with van der Waals surface area (Å²) >= 11 is 0. The second-order valence-corrected chi connectivity index (χ2v) is 6.63. The maximum atomic E-state index is 12.7. The molecule has 0 radical (unpaired) electrons. The summed E-state index contributed by atoms with van der Waals surface area (Å²) in [6, 6.07) is 12.1. The lowest BCUT2D eigenvalue weighted by atomic mass is 10.2. The van der Waals surface area contributed by atoms with Crippen molar-refractivity contribution in [3.05, 3.63) is 53.6 Å². The fourth-order valence-electron chi connectivity index (χ4n) is 2.77. The fourth-order valence-corrected chi connectivity index (χ4v) is 2.77. The minimum absolute atomic E-state index is 0. The van der Waals surface area contributed by atoms with Crippen LogP contribution in [0.5, 0.6) is 11.5 Å². The van der Waals surface area contributed by atoms with E-state index in [-0.39, 0.29) is 42.2 Å². The summed E-state index contributed by atoms with van der Waals surface area (Å²) in [4.78, 5) is 15.8.